The van der Waals surface area contributed by atoms with Gasteiger partial charge < -0.3 is 5.32 Å². The molecule has 0 fully saturated rings. The average Bonchev–Trinajstić information content (AvgIpc) is 2.31. The van der Waals surface area contributed by atoms with E-state index in [1.807, 2.05) is 30.3 Å². The number of para-hydroxylation sites is 1. The Kier molecular flexibility index (Phi) is 4.48. The monoisotopic (exact) mass is 234 g/mol. The quantitative estimate of drug-likeness (QED) is 0.868. The van der Waals surface area contributed by atoms with Crippen LogP contribution in [-0.4, -0.2) is 10.9 Å². The summed E-state index contributed by atoms with van der Waals surface area (Å²) in [5.74, 6) is -0.122. The molecule has 0 saturated carbocycles. The highest BCUT2D eigenvalue weighted by Crippen LogP contribution is 2.07. The van der Waals surface area contributed by atoms with Crippen LogP contribution in [0.3, 0.4) is 0 Å². The van der Waals surface area contributed by atoms with Crippen LogP contribution in [0.4, 0.5) is 5.69 Å². The first-order valence-corrected chi connectivity index (χ1v) is 4.63. The molecule has 1 heterocycles. The third-order valence-corrected chi connectivity index (χ3v) is 1.97. The summed E-state index contributed by atoms with van der Waals surface area (Å²) in [5.41, 5.74) is 1.40. The Bertz CT molecular complexity index is 445. The van der Waals surface area contributed by atoms with Gasteiger partial charge >= 0.3 is 0 Å². The fourth-order valence-corrected chi connectivity index (χ4v) is 1.23. The highest BCUT2D eigenvalue weighted by Gasteiger charge is 2.03. The van der Waals surface area contributed by atoms with Crippen molar-refractivity contribution in [1.82, 2.24) is 4.98 Å². The molecule has 0 unspecified atom stereocenters. The van der Waals surface area contributed by atoms with Gasteiger partial charge in [-0.1, -0.05) is 18.2 Å². The number of nitrogens with one attached hydrogen (secondary N) is 1. The van der Waals surface area contributed by atoms with E-state index < -0.39 is 0 Å². The lowest BCUT2D eigenvalue weighted by atomic mass is 10.2. The minimum atomic E-state index is -0.122. The van der Waals surface area contributed by atoms with Crippen LogP contribution in [0, 0.1) is 0 Å². The van der Waals surface area contributed by atoms with Gasteiger partial charge in [-0.25, -0.2) is 0 Å². The first-order valence-electron chi connectivity index (χ1n) is 4.63. The van der Waals surface area contributed by atoms with E-state index in [2.05, 4.69) is 10.3 Å². The number of nitrogens with zero attached hydrogens (tertiary/aromatic N) is 1. The highest BCUT2D eigenvalue weighted by molar-refractivity contribution is 6.04. The largest absolute Gasteiger partial charge is 0.322 e. The van der Waals surface area contributed by atoms with Gasteiger partial charge in [-0.05, 0) is 24.3 Å². The molecule has 2 rings (SSSR count). The molecule has 0 bridgehead atoms. The van der Waals surface area contributed by atoms with Crippen molar-refractivity contribution >= 4 is 24.0 Å². The summed E-state index contributed by atoms with van der Waals surface area (Å²) in [4.78, 5) is 15.5. The number of hydrogen-bond acceptors (Lipinski definition) is 2. The van der Waals surface area contributed by atoms with Crippen molar-refractivity contribution in [1.29, 1.82) is 0 Å². The van der Waals surface area contributed by atoms with Crippen LogP contribution in [0.25, 0.3) is 0 Å². The predicted octanol–water partition coefficient (Wildman–Crippen LogP) is 2.76. The lowest BCUT2D eigenvalue weighted by Crippen LogP contribution is -2.11. The maximum Gasteiger partial charge on any atom is 0.255 e. The normalized spacial score (nSPS) is 9.00. The van der Waals surface area contributed by atoms with Crippen LogP contribution in [0.15, 0.2) is 54.9 Å². The van der Waals surface area contributed by atoms with Gasteiger partial charge in [0.25, 0.3) is 5.91 Å². The van der Waals surface area contributed by atoms with E-state index in [4.69, 9.17) is 0 Å². The van der Waals surface area contributed by atoms with Crippen molar-refractivity contribution in [2.45, 2.75) is 0 Å². The van der Waals surface area contributed by atoms with Gasteiger partial charge in [0.15, 0.2) is 0 Å². The molecule has 0 aliphatic heterocycles. The second-order valence-corrected chi connectivity index (χ2v) is 3.06. The molecule has 1 aromatic carbocycles. The Balaban J connectivity index is 0.00000128. The van der Waals surface area contributed by atoms with E-state index >= 15 is 0 Å². The summed E-state index contributed by atoms with van der Waals surface area (Å²) >= 11 is 0. The zero-order valence-corrected chi connectivity index (χ0v) is 9.28. The number of amides is 1. The third kappa shape index (κ3) is 3.07. The number of pyridine rings is 1. The van der Waals surface area contributed by atoms with Crippen LogP contribution in [-0.2, 0) is 0 Å². The molecule has 0 aliphatic rings. The summed E-state index contributed by atoms with van der Waals surface area (Å²) in [6.45, 7) is 0. The van der Waals surface area contributed by atoms with E-state index in [1.54, 1.807) is 24.5 Å². The van der Waals surface area contributed by atoms with Crippen molar-refractivity contribution in [3.05, 3.63) is 60.4 Å². The van der Waals surface area contributed by atoms with Crippen molar-refractivity contribution in [2.24, 2.45) is 0 Å². The number of carbonyl (C=O) groups is 1. The molecule has 0 spiro atoms. The van der Waals surface area contributed by atoms with Gasteiger partial charge in [0, 0.05) is 23.6 Å². The van der Waals surface area contributed by atoms with Crippen LogP contribution in [0.5, 0.6) is 0 Å². The molecular formula is C12H11ClN2O. The first kappa shape index (κ1) is 12.2. The maximum absolute atomic E-state index is 11.7. The molecule has 1 N–H and O–H groups in total. The van der Waals surface area contributed by atoms with Gasteiger partial charge in [-0.3, -0.25) is 9.78 Å². The van der Waals surface area contributed by atoms with Crippen LogP contribution >= 0.6 is 12.4 Å². The highest BCUT2D eigenvalue weighted by atomic mass is 35.5. The standard InChI is InChI=1S/C12H10N2O.ClH/c15-12(10-6-8-13-9-7-10)14-11-4-2-1-3-5-11;/h1-9H,(H,14,15);1H. The minimum absolute atomic E-state index is 0. The van der Waals surface area contributed by atoms with Crippen molar-refractivity contribution in [2.75, 3.05) is 5.32 Å². The molecule has 4 heteroatoms. The molecule has 1 amide bonds. The third-order valence-electron chi connectivity index (χ3n) is 1.97. The Morgan fingerprint density at radius 3 is 2.25 bits per heavy atom. The van der Waals surface area contributed by atoms with Crippen molar-refractivity contribution < 1.29 is 4.79 Å². The second-order valence-electron chi connectivity index (χ2n) is 3.06. The maximum atomic E-state index is 11.7. The molecular weight excluding hydrogens is 224 g/mol. The van der Waals surface area contributed by atoms with Gasteiger partial charge in [0.2, 0.25) is 0 Å². The SMILES string of the molecule is Cl.O=C(Nc1ccccc1)c1ccncc1. The lowest BCUT2D eigenvalue weighted by Gasteiger charge is -2.03. The Labute approximate surface area is 99.9 Å². The number of benzene rings is 1. The molecule has 0 saturated heterocycles. The predicted molar refractivity (Wildman–Crippen MR) is 65.9 cm³/mol. The van der Waals surface area contributed by atoms with Crippen molar-refractivity contribution in [3.8, 4) is 0 Å². The number of anilines is 1. The van der Waals surface area contributed by atoms with E-state index in [9.17, 15) is 4.79 Å². The molecule has 16 heavy (non-hydrogen) atoms. The van der Waals surface area contributed by atoms with E-state index in [0.29, 0.717) is 5.56 Å². The van der Waals surface area contributed by atoms with Crippen molar-refractivity contribution in [3.63, 3.8) is 0 Å². The van der Waals surface area contributed by atoms with Crippen LogP contribution in [0.2, 0.25) is 0 Å². The van der Waals surface area contributed by atoms with Gasteiger partial charge in [-0.15, -0.1) is 12.4 Å². The second kappa shape index (κ2) is 5.88. The Morgan fingerprint density at radius 2 is 1.62 bits per heavy atom. The van der Waals surface area contributed by atoms with E-state index in [0.717, 1.165) is 5.69 Å². The summed E-state index contributed by atoms with van der Waals surface area (Å²) in [7, 11) is 0. The smallest absolute Gasteiger partial charge is 0.255 e. The number of carbonyl (C=O) groups excluding carboxylic acids is 1. The summed E-state index contributed by atoms with van der Waals surface area (Å²) in [5, 5.41) is 2.79. The zero-order valence-electron chi connectivity index (χ0n) is 8.46. The molecule has 1 aromatic heterocycles. The number of hydrogen-bond donors (Lipinski definition) is 1. The van der Waals surface area contributed by atoms with E-state index in [1.165, 1.54) is 0 Å². The molecule has 2 aromatic rings. The molecule has 82 valence electrons. The lowest BCUT2D eigenvalue weighted by molar-refractivity contribution is 0.102. The number of rotatable bonds is 2. The fraction of sp³-hybridized carbons (Fsp3) is 0. The van der Waals surface area contributed by atoms with Gasteiger partial charge in [0.1, 0.15) is 0 Å². The number of aromatic nitrogens is 1. The Hall–Kier alpha value is -1.87. The minimum Gasteiger partial charge on any atom is -0.322 e. The van der Waals surface area contributed by atoms with Crippen LogP contribution < -0.4 is 5.32 Å². The van der Waals surface area contributed by atoms with E-state index in [-0.39, 0.29) is 18.3 Å². The molecule has 0 radical (unpaired) electrons. The number of halogens is 1. The fourth-order valence-electron chi connectivity index (χ4n) is 1.23. The molecule has 3 nitrogen and oxygen atoms in total. The first-order chi connectivity index (χ1) is 7.36. The average molecular weight is 235 g/mol. The topological polar surface area (TPSA) is 42.0 Å². The zero-order chi connectivity index (χ0) is 10.5. The van der Waals surface area contributed by atoms with Gasteiger partial charge in [-0.2, -0.15) is 0 Å². The molecule has 0 aliphatic carbocycles. The van der Waals surface area contributed by atoms with Crippen LogP contribution in [0.1, 0.15) is 10.4 Å². The van der Waals surface area contributed by atoms with Gasteiger partial charge in [0.05, 0.1) is 0 Å². The Morgan fingerprint density at radius 1 is 1.00 bits per heavy atom. The molecule has 0 atom stereocenters. The summed E-state index contributed by atoms with van der Waals surface area (Å²) < 4.78 is 0. The summed E-state index contributed by atoms with van der Waals surface area (Å²) in [6.07, 6.45) is 3.19. The summed E-state index contributed by atoms with van der Waals surface area (Å²) in [6, 6.07) is 12.7.